The molecule has 1 aliphatic heterocycles. The van der Waals surface area contributed by atoms with Crippen LogP contribution in [0.4, 0.5) is 0 Å². The minimum atomic E-state index is 0.0564. The Balaban J connectivity index is 1.90. The second-order valence-corrected chi connectivity index (χ2v) is 5.26. The van der Waals surface area contributed by atoms with E-state index in [2.05, 4.69) is 16.9 Å². The van der Waals surface area contributed by atoms with E-state index in [1.165, 1.54) is 18.2 Å². The summed E-state index contributed by atoms with van der Waals surface area (Å²) in [6, 6.07) is 0. The van der Waals surface area contributed by atoms with E-state index in [1.54, 1.807) is 13.1 Å². The molecular formula is C13H16N2O2S. The van der Waals surface area contributed by atoms with Gasteiger partial charge in [0.25, 0.3) is 0 Å². The molecule has 1 aromatic heterocycles. The third kappa shape index (κ3) is 3.90. The molecule has 0 spiro atoms. The molecule has 5 heteroatoms. The summed E-state index contributed by atoms with van der Waals surface area (Å²) in [4.78, 5) is 10.7. The Morgan fingerprint density at radius 1 is 1.67 bits per heavy atom. The minimum Gasteiger partial charge on any atom is -0.357 e. The van der Waals surface area contributed by atoms with Crippen LogP contribution in [0.1, 0.15) is 38.0 Å². The fraction of sp³-hybridized carbons (Fsp3) is 0.538. The van der Waals surface area contributed by atoms with Crippen molar-refractivity contribution in [1.82, 2.24) is 9.78 Å². The fourth-order valence-corrected chi connectivity index (χ4v) is 2.12. The maximum atomic E-state index is 10.7. The van der Waals surface area contributed by atoms with Crippen LogP contribution < -0.4 is 0 Å². The number of thioether (sulfide) groups is 1. The third-order valence-electron chi connectivity index (χ3n) is 2.63. The van der Waals surface area contributed by atoms with E-state index in [1.807, 2.05) is 10.9 Å². The zero-order chi connectivity index (χ0) is 12.8. The molecule has 0 saturated carbocycles. The average molecular weight is 264 g/mol. The van der Waals surface area contributed by atoms with Crippen LogP contribution in [0.25, 0.3) is 0 Å². The van der Waals surface area contributed by atoms with Crippen LogP contribution in [-0.4, -0.2) is 27.3 Å². The van der Waals surface area contributed by atoms with Gasteiger partial charge < -0.3 is 4.74 Å². The first-order chi connectivity index (χ1) is 8.75. The lowest BCUT2D eigenvalue weighted by atomic mass is 10.2. The fourth-order valence-electron chi connectivity index (χ4n) is 1.77. The summed E-state index contributed by atoms with van der Waals surface area (Å²) in [5.74, 6) is 6.47. The zero-order valence-corrected chi connectivity index (χ0v) is 11.2. The van der Waals surface area contributed by atoms with E-state index >= 15 is 0 Å². The van der Waals surface area contributed by atoms with Crippen molar-refractivity contribution in [2.24, 2.45) is 0 Å². The van der Waals surface area contributed by atoms with Gasteiger partial charge in [-0.25, -0.2) is 4.68 Å². The van der Waals surface area contributed by atoms with E-state index in [-0.39, 0.29) is 11.3 Å². The largest absolute Gasteiger partial charge is 0.357 e. The highest BCUT2D eigenvalue weighted by atomic mass is 32.2. The summed E-state index contributed by atoms with van der Waals surface area (Å²) in [7, 11) is 0. The van der Waals surface area contributed by atoms with Crippen LogP contribution in [0.2, 0.25) is 0 Å². The first-order valence-electron chi connectivity index (χ1n) is 6.04. The number of carbonyl (C=O) groups excluding carboxylic acids is 1. The highest BCUT2D eigenvalue weighted by Gasteiger charge is 2.15. The Bertz CT molecular complexity index is 467. The molecule has 0 radical (unpaired) electrons. The van der Waals surface area contributed by atoms with E-state index in [0.29, 0.717) is 5.75 Å². The summed E-state index contributed by atoms with van der Waals surface area (Å²) < 4.78 is 7.47. The lowest BCUT2D eigenvalue weighted by molar-refractivity contribution is -0.109. The smallest absolute Gasteiger partial charge is 0.186 e. The van der Waals surface area contributed by atoms with Gasteiger partial charge in [0, 0.05) is 19.7 Å². The van der Waals surface area contributed by atoms with Crippen LogP contribution in [0.15, 0.2) is 12.4 Å². The van der Waals surface area contributed by atoms with E-state index in [9.17, 15) is 4.79 Å². The molecule has 0 amide bonds. The summed E-state index contributed by atoms with van der Waals surface area (Å²) in [6.45, 7) is 2.35. The molecule has 0 aliphatic carbocycles. The van der Waals surface area contributed by atoms with Gasteiger partial charge in [-0.15, -0.1) is 0 Å². The Morgan fingerprint density at radius 2 is 2.56 bits per heavy atom. The minimum absolute atomic E-state index is 0.0564. The first kappa shape index (κ1) is 13.2. The summed E-state index contributed by atoms with van der Waals surface area (Å²) in [5.41, 5.74) is 0.869. The molecule has 0 bridgehead atoms. The van der Waals surface area contributed by atoms with Crippen molar-refractivity contribution in [2.45, 2.75) is 32.4 Å². The molecule has 1 atom stereocenters. The highest BCUT2D eigenvalue weighted by Crippen LogP contribution is 2.21. The SMILES string of the molecule is CC(=O)SCC#Cc1cnn([C@@H]2CCCCO2)c1. The van der Waals surface area contributed by atoms with Crippen LogP contribution in [0.5, 0.6) is 0 Å². The Hall–Kier alpha value is -1.25. The summed E-state index contributed by atoms with van der Waals surface area (Å²) in [6.07, 6.45) is 7.02. The summed E-state index contributed by atoms with van der Waals surface area (Å²) >= 11 is 1.22. The van der Waals surface area contributed by atoms with E-state index in [0.717, 1.165) is 25.0 Å². The predicted molar refractivity (Wildman–Crippen MR) is 71.1 cm³/mol. The van der Waals surface area contributed by atoms with Gasteiger partial charge in [-0.1, -0.05) is 23.6 Å². The number of hydrogen-bond acceptors (Lipinski definition) is 4. The van der Waals surface area contributed by atoms with Crippen molar-refractivity contribution < 1.29 is 9.53 Å². The highest BCUT2D eigenvalue weighted by molar-refractivity contribution is 8.13. The van der Waals surface area contributed by atoms with Crippen LogP contribution >= 0.6 is 11.8 Å². The maximum Gasteiger partial charge on any atom is 0.186 e. The molecule has 1 fully saturated rings. The van der Waals surface area contributed by atoms with Crippen molar-refractivity contribution in [3.63, 3.8) is 0 Å². The second-order valence-electron chi connectivity index (χ2n) is 4.11. The first-order valence-corrected chi connectivity index (χ1v) is 7.02. The van der Waals surface area contributed by atoms with Crippen molar-refractivity contribution in [2.75, 3.05) is 12.4 Å². The molecule has 0 unspecified atom stereocenters. The Kier molecular flexibility index (Phi) is 4.85. The number of aromatic nitrogens is 2. The van der Waals surface area contributed by atoms with Gasteiger partial charge in [0.2, 0.25) is 0 Å². The van der Waals surface area contributed by atoms with Crippen LogP contribution in [0, 0.1) is 11.8 Å². The Labute approximate surface area is 111 Å². The molecular weight excluding hydrogens is 248 g/mol. The quantitative estimate of drug-likeness (QED) is 0.768. The molecule has 1 aromatic rings. The third-order valence-corrected chi connectivity index (χ3v) is 3.33. The van der Waals surface area contributed by atoms with Crippen molar-refractivity contribution in [3.05, 3.63) is 18.0 Å². The van der Waals surface area contributed by atoms with Gasteiger partial charge in [0.1, 0.15) is 6.23 Å². The van der Waals surface area contributed by atoms with Gasteiger partial charge in [-0.3, -0.25) is 4.79 Å². The Morgan fingerprint density at radius 3 is 3.28 bits per heavy atom. The number of hydrogen-bond donors (Lipinski definition) is 0. The lowest BCUT2D eigenvalue weighted by Gasteiger charge is -2.22. The van der Waals surface area contributed by atoms with Gasteiger partial charge in [-0.2, -0.15) is 5.10 Å². The number of ether oxygens (including phenoxy) is 1. The van der Waals surface area contributed by atoms with Gasteiger partial charge >= 0.3 is 0 Å². The van der Waals surface area contributed by atoms with Crippen molar-refractivity contribution >= 4 is 16.9 Å². The normalized spacial score (nSPS) is 19.1. The van der Waals surface area contributed by atoms with Gasteiger partial charge in [0.15, 0.2) is 5.12 Å². The standard InChI is InChI=1S/C13H16N2O2S/c1-11(16)18-8-4-5-12-9-14-15(10-12)13-6-2-3-7-17-13/h9-10,13H,2-3,6-8H2,1H3/t13-/m0/s1. The topological polar surface area (TPSA) is 44.1 Å². The molecule has 18 heavy (non-hydrogen) atoms. The zero-order valence-electron chi connectivity index (χ0n) is 10.4. The molecule has 0 aromatic carbocycles. The maximum absolute atomic E-state index is 10.7. The van der Waals surface area contributed by atoms with E-state index < -0.39 is 0 Å². The van der Waals surface area contributed by atoms with E-state index in [4.69, 9.17) is 4.74 Å². The predicted octanol–water partition coefficient (Wildman–Crippen LogP) is 2.21. The number of nitrogens with zero attached hydrogens (tertiary/aromatic N) is 2. The molecule has 1 aliphatic rings. The van der Waals surface area contributed by atoms with Crippen molar-refractivity contribution in [1.29, 1.82) is 0 Å². The molecule has 2 heterocycles. The second kappa shape index (κ2) is 6.62. The van der Waals surface area contributed by atoms with Gasteiger partial charge in [0.05, 0.1) is 17.5 Å². The van der Waals surface area contributed by atoms with Crippen LogP contribution in [0.3, 0.4) is 0 Å². The summed E-state index contributed by atoms with van der Waals surface area (Å²) in [5, 5.41) is 4.36. The van der Waals surface area contributed by atoms with Gasteiger partial charge in [-0.05, 0) is 19.3 Å². The molecule has 4 nitrogen and oxygen atoms in total. The van der Waals surface area contributed by atoms with Crippen molar-refractivity contribution in [3.8, 4) is 11.8 Å². The number of rotatable bonds is 2. The molecule has 96 valence electrons. The average Bonchev–Trinajstić information content (AvgIpc) is 2.84. The lowest BCUT2D eigenvalue weighted by Crippen LogP contribution is -2.18. The number of carbonyl (C=O) groups is 1. The molecule has 1 saturated heterocycles. The monoisotopic (exact) mass is 264 g/mol. The molecule has 0 N–H and O–H groups in total. The molecule has 2 rings (SSSR count). The van der Waals surface area contributed by atoms with Crippen LogP contribution in [-0.2, 0) is 9.53 Å².